The molecule has 2 fully saturated rings. The van der Waals surface area contributed by atoms with Crippen LogP contribution < -0.4 is 5.73 Å². The number of hydrogen-bond donors (Lipinski definition) is 8. The average Bonchev–Trinajstić information content (AvgIpc) is 2.88. The summed E-state index contributed by atoms with van der Waals surface area (Å²) in [5.41, 5.74) is 5.59. The van der Waals surface area contributed by atoms with Gasteiger partial charge in [-0.1, -0.05) is 6.58 Å². The third-order valence-corrected chi connectivity index (χ3v) is 4.46. The van der Waals surface area contributed by atoms with Crippen LogP contribution in [0.15, 0.2) is 12.3 Å². The number of rotatable bonds is 8. The third kappa shape index (κ3) is 4.58. The first-order valence-corrected chi connectivity index (χ1v) is 8.31. The van der Waals surface area contributed by atoms with Gasteiger partial charge >= 0.3 is 0 Å². The Hall–Kier alpha value is -0.900. The van der Waals surface area contributed by atoms with Gasteiger partial charge in [0, 0.05) is 5.70 Å². The van der Waals surface area contributed by atoms with Gasteiger partial charge in [-0.2, -0.15) is 0 Å². The Labute approximate surface area is 155 Å². The van der Waals surface area contributed by atoms with E-state index in [-0.39, 0.29) is 18.9 Å². The summed E-state index contributed by atoms with van der Waals surface area (Å²) in [7, 11) is 0. The molecule has 0 aromatic heterocycles. The van der Waals surface area contributed by atoms with Gasteiger partial charge in [-0.3, -0.25) is 0 Å². The molecule has 0 aromatic rings. The van der Waals surface area contributed by atoms with Gasteiger partial charge in [0.1, 0.15) is 49.3 Å². The number of nitrogens with two attached hydrogens (primary N) is 1. The highest BCUT2D eigenvalue weighted by molar-refractivity contribution is 4.98. The summed E-state index contributed by atoms with van der Waals surface area (Å²) in [6.07, 6.45) is -12.4. The van der Waals surface area contributed by atoms with Crippen LogP contribution in [0.25, 0.3) is 0 Å². The maximum absolute atomic E-state index is 10.1. The van der Waals surface area contributed by atoms with E-state index in [0.717, 1.165) is 0 Å². The van der Waals surface area contributed by atoms with Crippen LogP contribution in [0.2, 0.25) is 0 Å². The van der Waals surface area contributed by atoms with Crippen molar-refractivity contribution in [3.05, 3.63) is 12.3 Å². The van der Waals surface area contributed by atoms with Gasteiger partial charge in [0.05, 0.1) is 19.8 Å². The molecule has 2 saturated heterocycles. The van der Waals surface area contributed by atoms with Crippen LogP contribution >= 0.6 is 0 Å². The van der Waals surface area contributed by atoms with Gasteiger partial charge < -0.3 is 60.4 Å². The van der Waals surface area contributed by atoms with Gasteiger partial charge in [0.15, 0.2) is 6.29 Å². The predicted molar refractivity (Wildman–Crippen MR) is 85.7 cm³/mol. The standard InChI is InChI=1S/C15H27NO11/c1-6(16)3-24-4-8-9(19)11(21)12(22)14(25-8)27-15(5-18)13(23)10(20)7(2-17)26-15/h7-14,17-23H,1-5,16H2/t7-,8-,9-,10-,11+,12-,13+,14-,15+/m1/s1. The fourth-order valence-corrected chi connectivity index (χ4v) is 2.92. The van der Waals surface area contributed by atoms with E-state index < -0.39 is 68.0 Å². The molecular formula is C15H27NO11. The van der Waals surface area contributed by atoms with Gasteiger partial charge in [0.2, 0.25) is 5.79 Å². The molecule has 0 amide bonds. The zero-order valence-corrected chi connectivity index (χ0v) is 14.5. The summed E-state index contributed by atoms with van der Waals surface area (Å²) in [5, 5.41) is 69.0. The van der Waals surface area contributed by atoms with E-state index in [1.807, 2.05) is 0 Å². The summed E-state index contributed by atoms with van der Waals surface area (Å²) in [4.78, 5) is 0. The molecule has 2 aliphatic heterocycles. The second-order valence-corrected chi connectivity index (χ2v) is 6.55. The van der Waals surface area contributed by atoms with E-state index >= 15 is 0 Å². The summed E-state index contributed by atoms with van der Waals surface area (Å²) in [6.45, 7) is 1.54. The van der Waals surface area contributed by atoms with Crippen LogP contribution in [0.3, 0.4) is 0 Å². The lowest BCUT2D eigenvalue weighted by Crippen LogP contribution is -2.62. The molecule has 0 spiro atoms. The van der Waals surface area contributed by atoms with Crippen molar-refractivity contribution >= 4 is 0 Å². The minimum Gasteiger partial charge on any atom is -0.401 e. The average molecular weight is 397 g/mol. The van der Waals surface area contributed by atoms with Crippen molar-refractivity contribution in [1.82, 2.24) is 0 Å². The molecule has 0 aliphatic carbocycles. The molecular weight excluding hydrogens is 370 g/mol. The number of aliphatic hydroxyl groups excluding tert-OH is 7. The van der Waals surface area contributed by atoms with Crippen molar-refractivity contribution in [2.45, 2.75) is 54.8 Å². The second-order valence-electron chi connectivity index (χ2n) is 6.55. The maximum Gasteiger partial charge on any atom is 0.224 e. The molecule has 27 heavy (non-hydrogen) atoms. The Morgan fingerprint density at radius 3 is 2.19 bits per heavy atom. The molecule has 9 atom stereocenters. The minimum atomic E-state index is -2.22. The Morgan fingerprint density at radius 1 is 1.00 bits per heavy atom. The highest BCUT2D eigenvalue weighted by Crippen LogP contribution is 2.35. The van der Waals surface area contributed by atoms with Gasteiger partial charge in [0.25, 0.3) is 0 Å². The first kappa shape index (κ1) is 22.4. The van der Waals surface area contributed by atoms with E-state index in [1.165, 1.54) is 0 Å². The molecule has 12 nitrogen and oxygen atoms in total. The lowest BCUT2D eigenvalue weighted by atomic mass is 9.99. The van der Waals surface area contributed by atoms with Crippen molar-refractivity contribution in [3.8, 4) is 0 Å². The normalized spacial score (nSPS) is 45.1. The van der Waals surface area contributed by atoms with Crippen LogP contribution in [0.4, 0.5) is 0 Å². The summed E-state index contributed by atoms with van der Waals surface area (Å²) in [6, 6.07) is 0. The SMILES string of the molecule is C=C(N)COC[C@H]1O[C@H](O[C@]2(CO)O[C@H](CO)[C@@H](O)[C@@H]2O)[C@H](O)[C@@H](O)[C@@H]1O. The highest BCUT2D eigenvalue weighted by atomic mass is 16.8. The van der Waals surface area contributed by atoms with E-state index in [0.29, 0.717) is 0 Å². The van der Waals surface area contributed by atoms with Crippen molar-refractivity contribution in [2.24, 2.45) is 5.73 Å². The molecule has 158 valence electrons. The second kappa shape index (κ2) is 9.07. The van der Waals surface area contributed by atoms with Crippen molar-refractivity contribution in [2.75, 3.05) is 26.4 Å². The van der Waals surface area contributed by atoms with Crippen LogP contribution in [-0.2, 0) is 18.9 Å². The molecule has 0 saturated carbocycles. The van der Waals surface area contributed by atoms with Crippen LogP contribution in [0.5, 0.6) is 0 Å². The number of ether oxygens (including phenoxy) is 4. The minimum absolute atomic E-state index is 0.0382. The number of hydrogen-bond acceptors (Lipinski definition) is 12. The maximum atomic E-state index is 10.1. The lowest BCUT2D eigenvalue weighted by molar-refractivity contribution is -0.384. The molecule has 0 radical (unpaired) electrons. The smallest absolute Gasteiger partial charge is 0.224 e. The highest BCUT2D eigenvalue weighted by Gasteiger charge is 2.58. The van der Waals surface area contributed by atoms with E-state index in [9.17, 15) is 35.7 Å². The zero-order valence-electron chi connectivity index (χ0n) is 14.5. The fraction of sp³-hybridized carbons (Fsp3) is 0.867. The van der Waals surface area contributed by atoms with Crippen LogP contribution in [0, 0.1) is 0 Å². The van der Waals surface area contributed by atoms with E-state index in [4.69, 9.17) is 24.7 Å². The summed E-state index contributed by atoms with van der Waals surface area (Å²) in [5.74, 6) is -2.22. The van der Waals surface area contributed by atoms with Crippen molar-refractivity contribution in [3.63, 3.8) is 0 Å². The van der Waals surface area contributed by atoms with Crippen molar-refractivity contribution < 1.29 is 54.7 Å². The summed E-state index contributed by atoms with van der Waals surface area (Å²) >= 11 is 0. The Bertz CT molecular complexity index is 508. The zero-order chi connectivity index (χ0) is 20.4. The molecule has 2 heterocycles. The molecule has 12 heteroatoms. The quantitative estimate of drug-likeness (QED) is 0.194. The first-order chi connectivity index (χ1) is 12.7. The Kier molecular flexibility index (Phi) is 7.52. The topological polar surface area (TPSA) is 205 Å². The Balaban J connectivity index is 2.11. The van der Waals surface area contributed by atoms with Crippen LogP contribution in [0.1, 0.15) is 0 Å². The van der Waals surface area contributed by atoms with Gasteiger partial charge in [-0.15, -0.1) is 0 Å². The Morgan fingerprint density at radius 2 is 1.67 bits per heavy atom. The fourth-order valence-electron chi connectivity index (χ4n) is 2.92. The molecule has 2 aliphatic rings. The largest absolute Gasteiger partial charge is 0.401 e. The summed E-state index contributed by atoms with van der Waals surface area (Å²) < 4.78 is 21.1. The lowest BCUT2D eigenvalue weighted by Gasteiger charge is -2.43. The van der Waals surface area contributed by atoms with E-state index in [2.05, 4.69) is 6.58 Å². The van der Waals surface area contributed by atoms with E-state index in [1.54, 1.807) is 0 Å². The molecule has 9 N–H and O–H groups in total. The number of aliphatic hydroxyl groups is 7. The monoisotopic (exact) mass is 397 g/mol. The van der Waals surface area contributed by atoms with Crippen molar-refractivity contribution in [1.29, 1.82) is 0 Å². The molecule has 0 bridgehead atoms. The molecule has 0 aromatic carbocycles. The first-order valence-electron chi connectivity index (χ1n) is 8.31. The third-order valence-electron chi connectivity index (χ3n) is 4.46. The molecule has 0 unspecified atom stereocenters. The van der Waals surface area contributed by atoms with Crippen LogP contribution in [-0.4, -0.2) is 117 Å². The van der Waals surface area contributed by atoms with Gasteiger partial charge in [-0.05, 0) is 0 Å². The predicted octanol–water partition coefficient (Wildman–Crippen LogP) is -4.90. The van der Waals surface area contributed by atoms with Gasteiger partial charge in [-0.25, -0.2) is 0 Å². The molecule has 2 rings (SSSR count).